The van der Waals surface area contributed by atoms with Gasteiger partial charge in [-0.25, -0.2) is 9.79 Å². The van der Waals surface area contributed by atoms with Crippen LogP contribution in [-0.4, -0.2) is 11.9 Å². The molecule has 0 saturated carbocycles. The third kappa shape index (κ3) is 3.59. The number of cyclic esters (lactones) is 1. The van der Waals surface area contributed by atoms with Gasteiger partial charge < -0.3 is 4.74 Å². The maximum atomic E-state index is 11.9. The number of carbonyl (C=O) groups is 1. The molecule has 0 atom stereocenters. The van der Waals surface area contributed by atoms with Gasteiger partial charge in [0.05, 0.1) is 0 Å². The van der Waals surface area contributed by atoms with Crippen LogP contribution in [0.1, 0.15) is 10.4 Å². The lowest BCUT2D eigenvalue weighted by molar-refractivity contribution is -0.130. The van der Waals surface area contributed by atoms with E-state index >= 15 is 0 Å². The maximum Gasteiger partial charge on any atom is 0.363 e. The van der Waals surface area contributed by atoms with Crippen LogP contribution in [0.2, 0.25) is 0 Å². The third-order valence-corrected chi connectivity index (χ3v) is 4.72. The van der Waals surface area contributed by atoms with E-state index in [2.05, 4.69) is 29.3 Å². The highest BCUT2D eigenvalue weighted by Gasteiger charge is 2.23. The third-order valence-electron chi connectivity index (χ3n) is 3.90. The number of hydrogen-bond donors (Lipinski definition) is 0. The van der Waals surface area contributed by atoms with E-state index < -0.39 is 0 Å². The van der Waals surface area contributed by atoms with E-state index in [4.69, 9.17) is 4.74 Å². The minimum absolute atomic E-state index is 0.360. The number of ether oxygens (including phenoxy) is 1. The minimum atomic E-state index is -0.385. The van der Waals surface area contributed by atoms with Crippen LogP contribution in [0.25, 0.3) is 17.2 Å². The van der Waals surface area contributed by atoms with Gasteiger partial charge in [-0.05, 0) is 34.2 Å². The number of esters is 1. The van der Waals surface area contributed by atoms with Crippen molar-refractivity contribution >= 4 is 29.3 Å². The molecular weight excluding hydrogens is 330 g/mol. The van der Waals surface area contributed by atoms with Gasteiger partial charge in [0.1, 0.15) is 0 Å². The quantitative estimate of drug-likeness (QED) is 0.495. The molecule has 1 aliphatic heterocycles. The largest absolute Gasteiger partial charge is 0.406 e. The van der Waals surface area contributed by atoms with Crippen LogP contribution in [0.3, 0.4) is 0 Å². The van der Waals surface area contributed by atoms with Crippen LogP contribution in [0.15, 0.2) is 82.8 Å². The van der Waals surface area contributed by atoms with Gasteiger partial charge in [-0.3, -0.25) is 0 Å². The molecule has 25 heavy (non-hydrogen) atoms. The number of benzene rings is 2. The average Bonchev–Trinajstić information content (AvgIpc) is 3.27. The monoisotopic (exact) mass is 345 g/mol. The molecule has 0 bridgehead atoms. The Morgan fingerprint density at radius 3 is 2.40 bits per heavy atom. The summed E-state index contributed by atoms with van der Waals surface area (Å²) in [4.78, 5) is 17.3. The lowest BCUT2D eigenvalue weighted by Crippen LogP contribution is -2.06. The van der Waals surface area contributed by atoms with Crippen molar-refractivity contribution in [3.63, 3.8) is 0 Å². The molecule has 2 heterocycles. The first-order chi connectivity index (χ1) is 12.3. The molecule has 0 radical (unpaired) electrons. The van der Waals surface area contributed by atoms with Crippen LogP contribution in [0, 0.1) is 0 Å². The van der Waals surface area contributed by atoms with Crippen LogP contribution in [0.4, 0.5) is 0 Å². The lowest BCUT2D eigenvalue weighted by atomic mass is 10.0. The molecule has 4 rings (SSSR count). The summed E-state index contributed by atoms with van der Waals surface area (Å²) in [5, 5.41) is 1.96. The second-order valence-electron chi connectivity index (χ2n) is 5.68. The number of carbonyl (C=O) groups excluding carboxylic acids is 1. The molecule has 1 aromatic heterocycles. The van der Waals surface area contributed by atoms with Crippen LogP contribution < -0.4 is 0 Å². The summed E-state index contributed by atoms with van der Waals surface area (Å²) in [6.45, 7) is 0. The first-order valence-electron chi connectivity index (χ1n) is 7.97. The fourth-order valence-corrected chi connectivity index (χ4v) is 3.31. The number of nitrogens with zero attached hydrogens (tertiary/aromatic N) is 1. The molecule has 0 amide bonds. The van der Waals surface area contributed by atoms with Gasteiger partial charge in [-0.15, -0.1) is 11.3 Å². The molecule has 3 nitrogen and oxygen atoms in total. The summed E-state index contributed by atoms with van der Waals surface area (Å²) >= 11 is 1.56. The van der Waals surface area contributed by atoms with Crippen molar-refractivity contribution in [3.8, 4) is 11.1 Å². The van der Waals surface area contributed by atoms with Gasteiger partial charge in [-0.2, -0.15) is 0 Å². The van der Waals surface area contributed by atoms with Crippen LogP contribution >= 0.6 is 11.3 Å². The highest BCUT2D eigenvalue weighted by atomic mass is 32.1. The molecule has 2 aromatic carbocycles. The summed E-state index contributed by atoms with van der Waals surface area (Å²) in [5.41, 5.74) is 3.76. The Hall–Kier alpha value is -2.98. The summed E-state index contributed by atoms with van der Waals surface area (Å²) in [6, 6.07) is 22.3. The van der Waals surface area contributed by atoms with Gasteiger partial charge in [-0.1, -0.05) is 60.7 Å². The molecule has 0 spiro atoms. The van der Waals surface area contributed by atoms with Crippen molar-refractivity contribution in [1.82, 2.24) is 0 Å². The summed E-state index contributed by atoms with van der Waals surface area (Å²) in [5.74, 6) is 0.0598. The smallest absolute Gasteiger partial charge is 0.363 e. The average molecular weight is 345 g/mol. The number of rotatable bonds is 4. The molecule has 0 unspecified atom stereocenters. The summed E-state index contributed by atoms with van der Waals surface area (Å²) in [7, 11) is 0. The molecule has 0 fully saturated rings. The number of aliphatic imine (C=N–C) groups is 1. The predicted octanol–water partition coefficient (Wildman–Crippen LogP) is 4.95. The first kappa shape index (κ1) is 15.5. The van der Waals surface area contributed by atoms with E-state index in [9.17, 15) is 4.79 Å². The minimum Gasteiger partial charge on any atom is -0.406 e. The zero-order chi connectivity index (χ0) is 17.1. The van der Waals surface area contributed by atoms with Gasteiger partial charge in [0.2, 0.25) is 5.90 Å². The molecule has 0 aliphatic carbocycles. The normalized spacial score (nSPS) is 15.3. The van der Waals surface area contributed by atoms with Crippen molar-refractivity contribution in [3.05, 3.63) is 88.2 Å². The Balaban J connectivity index is 1.50. The molecule has 0 saturated heterocycles. The molecule has 1 aliphatic rings. The van der Waals surface area contributed by atoms with E-state index in [1.165, 1.54) is 5.56 Å². The summed E-state index contributed by atoms with van der Waals surface area (Å²) in [6.07, 6.45) is 2.26. The highest BCUT2D eigenvalue weighted by Crippen LogP contribution is 2.22. The molecule has 122 valence electrons. The van der Waals surface area contributed by atoms with E-state index in [-0.39, 0.29) is 5.97 Å². The predicted molar refractivity (Wildman–Crippen MR) is 101 cm³/mol. The molecule has 3 aromatic rings. The second kappa shape index (κ2) is 6.87. The topological polar surface area (TPSA) is 38.7 Å². The Morgan fingerprint density at radius 2 is 1.68 bits per heavy atom. The standard InChI is InChI=1S/C21H15NO2S/c23-21-19(14-18-7-4-12-25-18)22-20(24-21)13-15-8-10-17(11-9-15)16-5-2-1-3-6-16/h1-12,14H,13H2/b19-14+. The summed E-state index contributed by atoms with van der Waals surface area (Å²) < 4.78 is 5.29. The zero-order valence-electron chi connectivity index (χ0n) is 13.4. The van der Waals surface area contributed by atoms with E-state index in [0.29, 0.717) is 18.0 Å². The Labute approximate surface area is 149 Å². The first-order valence-corrected chi connectivity index (χ1v) is 8.85. The Bertz CT molecular complexity index is 939. The van der Waals surface area contributed by atoms with Crippen molar-refractivity contribution < 1.29 is 9.53 Å². The van der Waals surface area contributed by atoms with Crippen LogP contribution in [0.5, 0.6) is 0 Å². The maximum absolute atomic E-state index is 11.9. The Kier molecular flexibility index (Phi) is 4.27. The Morgan fingerprint density at radius 1 is 0.920 bits per heavy atom. The molecule has 0 N–H and O–H groups in total. The van der Waals surface area contributed by atoms with Crippen molar-refractivity contribution in [2.75, 3.05) is 0 Å². The van der Waals surface area contributed by atoms with E-state index in [1.54, 1.807) is 17.4 Å². The molecular formula is C21H15NO2S. The second-order valence-corrected chi connectivity index (χ2v) is 6.66. The SMILES string of the molecule is O=C1OC(Cc2ccc(-c3ccccc3)cc2)=N/C1=C/c1cccs1. The van der Waals surface area contributed by atoms with Gasteiger partial charge >= 0.3 is 5.97 Å². The van der Waals surface area contributed by atoms with E-state index in [1.807, 2.05) is 47.8 Å². The zero-order valence-corrected chi connectivity index (χ0v) is 14.2. The fourth-order valence-electron chi connectivity index (χ4n) is 2.66. The fraction of sp³-hybridized carbons (Fsp3) is 0.0476. The van der Waals surface area contributed by atoms with Gasteiger partial charge in [0, 0.05) is 11.3 Å². The van der Waals surface area contributed by atoms with Crippen molar-refractivity contribution in [2.45, 2.75) is 6.42 Å². The van der Waals surface area contributed by atoms with E-state index in [0.717, 1.165) is 16.0 Å². The number of thiophene rings is 1. The number of hydrogen-bond acceptors (Lipinski definition) is 4. The van der Waals surface area contributed by atoms with Crippen molar-refractivity contribution in [1.29, 1.82) is 0 Å². The van der Waals surface area contributed by atoms with Crippen LogP contribution in [-0.2, 0) is 16.0 Å². The molecule has 4 heteroatoms. The van der Waals surface area contributed by atoms with Gasteiger partial charge in [0.25, 0.3) is 0 Å². The van der Waals surface area contributed by atoms with Gasteiger partial charge in [0.15, 0.2) is 5.70 Å². The highest BCUT2D eigenvalue weighted by molar-refractivity contribution is 7.10. The van der Waals surface area contributed by atoms with Crippen molar-refractivity contribution in [2.24, 2.45) is 4.99 Å². The lowest BCUT2D eigenvalue weighted by Gasteiger charge is -2.04.